The summed E-state index contributed by atoms with van der Waals surface area (Å²) in [6.07, 6.45) is 10.4. The lowest BCUT2D eigenvalue weighted by atomic mass is 9.89. The average Bonchev–Trinajstić information content (AvgIpc) is 2.76. The molecule has 0 radical (unpaired) electrons. The Kier molecular flexibility index (Phi) is 4.35. The largest absolute Gasteiger partial charge is 0.480 e. The molecule has 0 saturated carbocycles. The first-order valence-corrected chi connectivity index (χ1v) is 8.58. The summed E-state index contributed by atoms with van der Waals surface area (Å²) < 4.78 is 0. The van der Waals surface area contributed by atoms with Crippen LogP contribution in [0, 0.1) is 5.41 Å². The van der Waals surface area contributed by atoms with Crippen molar-refractivity contribution in [1.29, 1.82) is 0 Å². The zero-order valence-corrected chi connectivity index (χ0v) is 14.6. The molecule has 1 atom stereocenters. The van der Waals surface area contributed by atoms with E-state index < -0.39 is 11.4 Å². The molecule has 0 spiro atoms. The van der Waals surface area contributed by atoms with Crippen LogP contribution in [0.4, 0.5) is 0 Å². The number of benzene rings is 1. The normalized spacial score (nSPS) is 23.0. The lowest BCUT2D eigenvalue weighted by molar-refractivity contribution is -0.142. The first kappa shape index (κ1) is 16.6. The van der Waals surface area contributed by atoms with Crippen LogP contribution in [0.25, 0.3) is 0 Å². The van der Waals surface area contributed by atoms with Crippen LogP contribution in [0.5, 0.6) is 0 Å². The van der Waals surface area contributed by atoms with Gasteiger partial charge in [-0.25, -0.2) is 0 Å². The van der Waals surface area contributed by atoms with E-state index in [1.165, 1.54) is 16.7 Å². The summed E-state index contributed by atoms with van der Waals surface area (Å²) in [5.74, 6) is -0.276. The maximum Gasteiger partial charge on any atom is 0.317 e. The smallest absolute Gasteiger partial charge is 0.317 e. The Morgan fingerprint density at radius 2 is 2.04 bits per heavy atom. The Bertz CT molecular complexity index is 742. The molecule has 3 heteroatoms. The maximum atomic E-state index is 11.6. The van der Waals surface area contributed by atoms with Gasteiger partial charge in [0.2, 0.25) is 0 Å². The van der Waals surface area contributed by atoms with Crippen molar-refractivity contribution < 1.29 is 9.90 Å². The molecular weight excluding hydrogens is 298 g/mol. The molecule has 24 heavy (non-hydrogen) atoms. The molecule has 1 aromatic carbocycles. The van der Waals surface area contributed by atoms with E-state index >= 15 is 0 Å². The molecule has 1 heterocycles. The predicted octanol–water partition coefficient (Wildman–Crippen LogP) is 4.27. The first-order valence-electron chi connectivity index (χ1n) is 8.58. The lowest BCUT2D eigenvalue weighted by Crippen LogP contribution is -2.31. The quantitative estimate of drug-likeness (QED) is 0.903. The van der Waals surface area contributed by atoms with Crippen molar-refractivity contribution in [2.24, 2.45) is 5.41 Å². The number of hydrogen-bond donors (Lipinski definition) is 1. The minimum atomic E-state index is -0.958. The van der Waals surface area contributed by atoms with Crippen LogP contribution in [0.15, 0.2) is 54.3 Å². The molecule has 2 aliphatic rings. The molecule has 0 aromatic heterocycles. The number of rotatable bonds is 3. The van der Waals surface area contributed by atoms with E-state index in [1.807, 2.05) is 24.3 Å². The monoisotopic (exact) mass is 323 g/mol. The molecule has 1 N–H and O–H groups in total. The molecule has 3 rings (SSSR count). The summed E-state index contributed by atoms with van der Waals surface area (Å²) in [6.45, 7) is 7.93. The van der Waals surface area contributed by atoms with E-state index in [4.69, 9.17) is 0 Å². The molecule has 0 saturated heterocycles. The number of carbonyl (C=O) groups is 1. The van der Waals surface area contributed by atoms with Crippen molar-refractivity contribution in [3.8, 4) is 0 Å². The van der Waals surface area contributed by atoms with E-state index in [2.05, 4.69) is 36.9 Å². The second kappa shape index (κ2) is 6.31. The molecular formula is C21H25NO2. The summed E-state index contributed by atoms with van der Waals surface area (Å²) in [5, 5.41) is 9.54. The Morgan fingerprint density at radius 1 is 1.25 bits per heavy atom. The van der Waals surface area contributed by atoms with Crippen LogP contribution >= 0.6 is 0 Å². The Morgan fingerprint density at radius 3 is 2.75 bits per heavy atom. The third-order valence-corrected chi connectivity index (χ3v) is 5.00. The van der Waals surface area contributed by atoms with Gasteiger partial charge in [-0.1, -0.05) is 50.3 Å². The summed E-state index contributed by atoms with van der Waals surface area (Å²) in [5.41, 5.74) is 4.19. The SMILES string of the molecule is CC(C)c1ccc2c(c1)CCN(C1=CC(C)(C(=O)O)C=CC=C1)C2. The van der Waals surface area contributed by atoms with Crippen molar-refractivity contribution in [2.45, 2.75) is 39.7 Å². The van der Waals surface area contributed by atoms with Gasteiger partial charge in [-0.2, -0.15) is 0 Å². The fourth-order valence-corrected chi connectivity index (χ4v) is 3.30. The van der Waals surface area contributed by atoms with Crippen LogP contribution in [0.1, 0.15) is 43.4 Å². The lowest BCUT2D eigenvalue weighted by Gasteiger charge is -2.33. The number of carboxylic acid groups (broad SMARTS) is 1. The maximum absolute atomic E-state index is 11.6. The second-order valence-corrected chi connectivity index (χ2v) is 7.23. The molecule has 1 aliphatic heterocycles. The second-order valence-electron chi connectivity index (χ2n) is 7.23. The first-order chi connectivity index (χ1) is 11.4. The van der Waals surface area contributed by atoms with E-state index in [9.17, 15) is 9.90 Å². The van der Waals surface area contributed by atoms with Crippen LogP contribution < -0.4 is 0 Å². The van der Waals surface area contributed by atoms with Crippen LogP contribution in [-0.2, 0) is 17.8 Å². The van der Waals surface area contributed by atoms with E-state index in [-0.39, 0.29) is 0 Å². The third-order valence-electron chi connectivity index (χ3n) is 5.00. The van der Waals surface area contributed by atoms with E-state index in [1.54, 1.807) is 13.0 Å². The third kappa shape index (κ3) is 3.16. The van der Waals surface area contributed by atoms with Gasteiger partial charge in [0.15, 0.2) is 0 Å². The van der Waals surface area contributed by atoms with Crippen LogP contribution in [0.3, 0.4) is 0 Å². The standard InChI is InChI=1S/C21H25NO2/c1-15(2)16-7-8-18-14-22(11-9-17(18)12-16)19-6-4-5-10-21(3,13-19)20(23)24/h4-8,10,12-13,15H,9,11,14H2,1-3H3,(H,23,24). The molecule has 3 nitrogen and oxygen atoms in total. The highest BCUT2D eigenvalue weighted by atomic mass is 16.4. The highest BCUT2D eigenvalue weighted by Crippen LogP contribution is 2.30. The van der Waals surface area contributed by atoms with Crippen molar-refractivity contribution in [2.75, 3.05) is 6.54 Å². The average molecular weight is 323 g/mol. The highest BCUT2D eigenvalue weighted by molar-refractivity contribution is 5.79. The van der Waals surface area contributed by atoms with Crippen LogP contribution in [-0.4, -0.2) is 22.5 Å². The zero-order valence-electron chi connectivity index (χ0n) is 14.6. The summed E-state index contributed by atoms with van der Waals surface area (Å²) in [7, 11) is 0. The highest BCUT2D eigenvalue weighted by Gasteiger charge is 2.30. The van der Waals surface area contributed by atoms with Crippen LogP contribution in [0.2, 0.25) is 0 Å². The Balaban J connectivity index is 1.87. The Hall–Kier alpha value is -2.29. The molecule has 0 amide bonds. The fourth-order valence-electron chi connectivity index (χ4n) is 3.30. The number of aliphatic carboxylic acids is 1. The molecule has 0 fully saturated rings. The van der Waals surface area contributed by atoms with Gasteiger partial charge in [-0.05, 0) is 48.1 Å². The zero-order chi connectivity index (χ0) is 17.3. The van der Waals surface area contributed by atoms with Gasteiger partial charge in [0, 0.05) is 18.8 Å². The number of carboxylic acids is 1. The molecule has 1 aliphatic carbocycles. The number of nitrogens with zero attached hydrogens (tertiary/aromatic N) is 1. The number of allylic oxidation sites excluding steroid dienone is 3. The predicted molar refractivity (Wildman–Crippen MR) is 96.8 cm³/mol. The van der Waals surface area contributed by atoms with E-state index in [0.717, 1.165) is 25.2 Å². The van der Waals surface area contributed by atoms with E-state index in [0.29, 0.717) is 5.92 Å². The topological polar surface area (TPSA) is 40.5 Å². The van der Waals surface area contributed by atoms with Crippen molar-refractivity contribution in [3.05, 3.63) is 71.0 Å². The van der Waals surface area contributed by atoms with Gasteiger partial charge in [0.25, 0.3) is 0 Å². The Labute approximate surface area is 144 Å². The van der Waals surface area contributed by atoms with Crippen molar-refractivity contribution in [3.63, 3.8) is 0 Å². The molecule has 0 bridgehead atoms. The van der Waals surface area contributed by atoms with Gasteiger partial charge < -0.3 is 10.0 Å². The van der Waals surface area contributed by atoms with Gasteiger partial charge in [-0.3, -0.25) is 4.79 Å². The van der Waals surface area contributed by atoms with Gasteiger partial charge in [0.05, 0.1) is 0 Å². The van der Waals surface area contributed by atoms with Crippen molar-refractivity contribution >= 4 is 5.97 Å². The van der Waals surface area contributed by atoms with Gasteiger partial charge in [-0.15, -0.1) is 0 Å². The fraction of sp³-hybridized carbons (Fsp3) is 0.381. The molecule has 1 unspecified atom stereocenters. The summed E-state index contributed by atoms with van der Waals surface area (Å²) in [4.78, 5) is 13.9. The molecule has 1 aromatic rings. The van der Waals surface area contributed by atoms with Gasteiger partial charge in [0.1, 0.15) is 5.41 Å². The molecule has 126 valence electrons. The van der Waals surface area contributed by atoms with Gasteiger partial charge >= 0.3 is 5.97 Å². The minimum absolute atomic E-state index is 0.545. The van der Waals surface area contributed by atoms with Crippen molar-refractivity contribution in [1.82, 2.24) is 4.90 Å². The number of hydrogen-bond acceptors (Lipinski definition) is 2. The number of fused-ring (bicyclic) bond motifs is 1. The summed E-state index contributed by atoms with van der Waals surface area (Å²) in [6, 6.07) is 6.78. The minimum Gasteiger partial charge on any atom is -0.480 e. The summed E-state index contributed by atoms with van der Waals surface area (Å²) >= 11 is 0.